The zero-order valence-electron chi connectivity index (χ0n) is 16.0. The van der Waals surface area contributed by atoms with Crippen LogP contribution in [0.2, 0.25) is 0 Å². The summed E-state index contributed by atoms with van der Waals surface area (Å²) in [7, 11) is 0. The third-order valence-corrected chi connectivity index (χ3v) is 7.51. The summed E-state index contributed by atoms with van der Waals surface area (Å²) in [5.74, 6) is 2.99. The molecule has 6 rings (SSSR count). The van der Waals surface area contributed by atoms with Crippen LogP contribution < -0.4 is 0 Å². The number of nitrogens with zero attached hydrogens (tertiary/aromatic N) is 2. The van der Waals surface area contributed by atoms with Gasteiger partial charge in [0.2, 0.25) is 17.5 Å². The summed E-state index contributed by atoms with van der Waals surface area (Å²) in [5, 5.41) is 6.34. The lowest BCUT2D eigenvalue weighted by molar-refractivity contribution is -0.216. The number of carbonyl (C=O) groups is 1. The fraction of sp³-hybridized carbons (Fsp3) is 0.636. The molecule has 4 fully saturated rings. The average Bonchev–Trinajstić information content (AvgIpc) is 2.94. The minimum Gasteiger partial charge on any atom is -0.447 e. The smallest absolute Gasteiger partial charge is 0.243 e. The minimum absolute atomic E-state index is 0.0228. The second-order valence-electron chi connectivity index (χ2n) is 9.38. The second-order valence-corrected chi connectivity index (χ2v) is 9.38. The highest BCUT2D eigenvalue weighted by molar-refractivity contribution is 5.96. The van der Waals surface area contributed by atoms with E-state index in [1.807, 2.05) is 12.1 Å². The first-order valence-corrected chi connectivity index (χ1v) is 10.0. The number of amides is 1. The summed E-state index contributed by atoms with van der Waals surface area (Å²) in [6, 6.07) is 8.22. The van der Waals surface area contributed by atoms with E-state index in [-0.39, 0.29) is 11.3 Å². The quantitative estimate of drug-likeness (QED) is 0.788. The molecule has 1 atom stereocenters. The van der Waals surface area contributed by atoms with Gasteiger partial charge in [-0.25, -0.2) is 0 Å². The molecule has 0 N–H and O–H groups in total. The fourth-order valence-electron chi connectivity index (χ4n) is 6.63. The Balaban J connectivity index is 1.53. The van der Waals surface area contributed by atoms with Crippen LogP contribution in [0.15, 0.2) is 29.4 Å². The van der Waals surface area contributed by atoms with Gasteiger partial charge in [0.25, 0.3) is 0 Å². The molecule has 0 spiro atoms. The van der Waals surface area contributed by atoms with Crippen LogP contribution in [0, 0.1) is 30.1 Å². The summed E-state index contributed by atoms with van der Waals surface area (Å²) < 4.78 is 6.59. The van der Waals surface area contributed by atoms with Crippen LogP contribution in [0.5, 0.6) is 0 Å². The molecule has 1 aromatic carbocycles. The Morgan fingerprint density at radius 3 is 2.12 bits per heavy atom. The first-order valence-electron chi connectivity index (χ1n) is 10.0. The van der Waals surface area contributed by atoms with Crippen molar-refractivity contribution in [3.63, 3.8) is 0 Å². The Hall–Kier alpha value is -1.84. The topological polar surface area (TPSA) is 41.9 Å². The van der Waals surface area contributed by atoms with E-state index in [9.17, 15) is 4.79 Å². The maximum Gasteiger partial charge on any atom is 0.243 e. The van der Waals surface area contributed by atoms with E-state index in [0.29, 0.717) is 5.90 Å². The molecule has 0 radical (unpaired) electrons. The minimum atomic E-state index is -0.658. The van der Waals surface area contributed by atoms with E-state index < -0.39 is 5.72 Å². The van der Waals surface area contributed by atoms with Gasteiger partial charge in [0, 0.05) is 17.9 Å². The van der Waals surface area contributed by atoms with Crippen molar-refractivity contribution in [1.82, 2.24) is 5.01 Å². The first kappa shape index (κ1) is 16.3. The molecule has 1 amide bonds. The highest BCUT2D eigenvalue weighted by Gasteiger charge is 2.65. The van der Waals surface area contributed by atoms with Crippen molar-refractivity contribution in [2.75, 3.05) is 0 Å². The summed E-state index contributed by atoms with van der Waals surface area (Å²) >= 11 is 0. The number of rotatable bonds is 2. The van der Waals surface area contributed by atoms with E-state index in [0.717, 1.165) is 23.3 Å². The van der Waals surface area contributed by atoms with Gasteiger partial charge in [-0.1, -0.05) is 17.7 Å². The van der Waals surface area contributed by atoms with Crippen molar-refractivity contribution in [2.45, 2.75) is 65.0 Å². The molecule has 0 unspecified atom stereocenters. The molecule has 5 aliphatic rings. The maximum absolute atomic E-state index is 12.5. The van der Waals surface area contributed by atoms with Crippen LogP contribution in [0.4, 0.5) is 0 Å². The van der Waals surface area contributed by atoms with E-state index in [4.69, 9.17) is 4.74 Å². The molecular formula is C22H28N2O2. The lowest BCUT2D eigenvalue weighted by Gasteiger charge is -2.61. The van der Waals surface area contributed by atoms with Gasteiger partial charge in [0.1, 0.15) is 0 Å². The monoisotopic (exact) mass is 352 g/mol. The van der Waals surface area contributed by atoms with E-state index in [2.05, 4.69) is 31.1 Å². The summed E-state index contributed by atoms with van der Waals surface area (Å²) in [6.07, 6.45) is 7.66. The third kappa shape index (κ3) is 2.20. The molecule has 26 heavy (non-hydrogen) atoms. The van der Waals surface area contributed by atoms with Crippen LogP contribution in [-0.2, 0) is 9.53 Å². The number of benzene rings is 1. The lowest BCUT2D eigenvalue weighted by Crippen LogP contribution is -2.63. The molecular weight excluding hydrogens is 324 g/mol. The molecule has 4 saturated carbocycles. The first-order chi connectivity index (χ1) is 12.4. The van der Waals surface area contributed by atoms with E-state index >= 15 is 0 Å². The SMILES string of the molecule is CC(=O)N1N=C(c2ccc(C)cc2)O[C@@]1(C)C12CC3CC(CC(C3)C1)C2. The van der Waals surface area contributed by atoms with E-state index in [1.165, 1.54) is 44.1 Å². The second kappa shape index (κ2) is 5.34. The molecule has 4 bridgehead atoms. The predicted molar refractivity (Wildman–Crippen MR) is 100 cm³/mol. The third-order valence-electron chi connectivity index (χ3n) is 7.51. The normalized spacial score (nSPS) is 40.5. The number of aryl methyl sites for hydroxylation is 1. The average molecular weight is 352 g/mol. The zero-order valence-corrected chi connectivity index (χ0v) is 16.0. The Kier molecular flexibility index (Phi) is 3.35. The van der Waals surface area contributed by atoms with Gasteiger partial charge in [0.15, 0.2) is 0 Å². The number of carbonyl (C=O) groups excluding carboxylic acids is 1. The van der Waals surface area contributed by atoms with Crippen LogP contribution in [-0.4, -0.2) is 22.5 Å². The molecule has 4 heteroatoms. The summed E-state index contributed by atoms with van der Waals surface area (Å²) in [4.78, 5) is 12.5. The lowest BCUT2D eigenvalue weighted by atomic mass is 9.47. The van der Waals surface area contributed by atoms with Crippen molar-refractivity contribution in [3.8, 4) is 0 Å². The maximum atomic E-state index is 12.5. The van der Waals surface area contributed by atoms with Crippen molar-refractivity contribution in [3.05, 3.63) is 35.4 Å². The molecule has 4 aliphatic carbocycles. The Bertz CT molecular complexity index is 747. The van der Waals surface area contributed by atoms with Crippen molar-refractivity contribution in [1.29, 1.82) is 0 Å². The number of ether oxygens (including phenoxy) is 1. The highest BCUT2D eigenvalue weighted by atomic mass is 16.6. The Labute approximate surface area is 155 Å². The number of hydrogen-bond donors (Lipinski definition) is 0. The number of hydrogen-bond acceptors (Lipinski definition) is 3. The van der Waals surface area contributed by atoms with Crippen molar-refractivity contribution in [2.24, 2.45) is 28.3 Å². The molecule has 1 aliphatic heterocycles. The van der Waals surface area contributed by atoms with E-state index in [1.54, 1.807) is 11.9 Å². The molecule has 4 nitrogen and oxygen atoms in total. The van der Waals surface area contributed by atoms with Crippen LogP contribution in [0.3, 0.4) is 0 Å². The predicted octanol–water partition coefficient (Wildman–Crippen LogP) is 4.47. The van der Waals surface area contributed by atoms with Crippen molar-refractivity contribution < 1.29 is 9.53 Å². The largest absolute Gasteiger partial charge is 0.447 e. The molecule has 1 aromatic rings. The van der Waals surface area contributed by atoms with Crippen molar-refractivity contribution >= 4 is 11.8 Å². The van der Waals surface area contributed by atoms with Gasteiger partial charge >= 0.3 is 0 Å². The van der Waals surface area contributed by atoms with Crippen LogP contribution in [0.25, 0.3) is 0 Å². The Morgan fingerprint density at radius 2 is 1.62 bits per heavy atom. The zero-order chi connectivity index (χ0) is 18.1. The summed E-state index contributed by atoms with van der Waals surface area (Å²) in [5.41, 5.74) is 1.55. The molecule has 0 aromatic heterocycles. The van der Waals surface area contributed by atoms with Gasteiger partial charge < -0.3 is 4.74 Å². The molecule has 1 heterocycles. The van der Waals surface area contributed by atoms with Gasteiger partial charge in [-0.3, -0.25) is 4.79 Å². The fourth-order valence-corrected chi connectivity index (χ4v) is 6.63. The summed E-state index contributed by atoms with van der Waals surface area (Å²) in [6.45, 7) is 5.80. The molecule has 138 valence electrons. The van der Waals surface area contributed by atoms with Gasteiger partial charge in [-0.05, 0) is 82.3 Å². The van der Waals surface area contributed by atoms with Gasteiger partial charge in [-0.2, -0.15) is 5.01 Å². The molecule has 0 saturated heterocycles. The number of hydrazone groups is 1. The standard InChI is InChI=1S/C22H28N2O2/c1-14-4-6-19(7-5-14)20-23-24(15(2)25)21(3,26-20)22-11-16-8-17(12-22)10-18(9-16)13-22/h4-7,16-18H,8-13H2,1-3H3/t16?,17?,18?,21-,22?/m0/s1. The van der Waals surface area contributed by atoms with Gasteiger partial charge in [0.05, 0.1) is 0 Å². The van der Waals surface area contributed by atoms with Crippen LogP contribution >= 0.6 is 0 Å². The Morgan fingerprint density at radius 1 is 1.08 bits per heavy atom. The highest BCUT2D eigenvalue weighted by Crippen LogP contribution is 2.65. The van der Waals surface area contributed by atoms with Gasteiger partial charge in [-0.15, -0.1) is 5.10 Å². The van der Waals surface area contributed by atoms with Crippen LogP contribution in [0.1, 0.15) is 63.5 Å².